The lowest BCUT2D eigenvalue weighted by Crippen LogP contribution is -2.69. The topological polar surface area (TPSA) is 27.7 Å². The zero-order valence-corrected chi connectivity index (χ0v) is 12.5. The molecule has 0 N–H and O–H groups in total. The maximum absolute atomic E-state index is 13.0. The van der Waals surface area contributed by atoms with Gasteiger partial charge in [0.15, 0.2) is 0 Å². The molecular formula is C9F18O3. The number of hydrogen-bond acceptors (Lipinski definition) is 3. The summed E-state index contributed by atoms with van der Waals surface area (Å²) in [5, 5.41) is 0. The molecule has 0 atom stereocenters. The lowest BCUT2D eigenvalue weighted by Gasteiger charge is -2.41. The maximum Gasteiger partial charge on any atom is 0.433 e. The van der Waals surface area contributed by atoms with Gasteiger partial charge in [-0.15, -0.1) is 0 Å². The molecule has 0 aliphatic carbocycles. The van der Waals surface area contributed by atoms with E-state index in [-0.39, 0.29) is 0 Å². The van der Waals surface area contributed by atoms with Crippen molar-refractivity contribution in [3.63, 3.8) is 0 Å². The minimum atomic E-state index is -8.05. The maximum atomic E-state index is 13.0. The van der Waals surface area contributed by atoms with Crippen molar-refractivity contribution in [1.29, 1.82) is 0 Å². The van der Waals surface area contributed by atoms with E-state index >= 15 is 0 Å². The van der Waals surface area contributed by atoms with Crippen LogP contribution >= 0.6 is 0 Å². The van der Waals surface area contributed by atoms with Gasteiger partial charge in [-0.05, 0) is 0 Å². The Bertz CT molecular complexity index is 529. The first-order valence-electron chi connectivity index (χ1n) is 6.13. The largest absolute Gasteiger partial charge is 0.433 e. The number of halogens is 18. The fourth-order valence-corrected chi connectivity index (χ4v) is 1.38. The van der Waals surface area contributed by atoms with Gasteiger partial charge in [0, 0.05) is 0 Å². The summed E-state index contributed by atoms with van der Waals surface area (Å²) in [6.45, 7) is 0. The number of hydrogen-bond donors (Lipinski definition) is 0. The fraction of sp³-hybridized carbons (Fsp3) is 1.00. The Balaban J connectivity index is 3.91. The Hall–Kier alpha value is -1.38. The second-order valence-corrected chi connectivity index (χ2v) is 5.13. The second-order valence-electron chi connectivity index (χ2n) is 5.13. The first-order chi connectivity index (χ1) is 12.6. The molecule has 0 aromatic carbocycles. The molecule has 1 aliphatic heterocycles. The molecule has 0 aromatic rings. The van der Waals surface area contributed by atoms with E-state index in [0.29, 0.717) is 0 Å². The van der Waals surface area contributed by atoms with Gasteiger partial charge in [0.25, 0.3) is 0 Å². The minimum absolute atomic E-state index is 1.22. The average molecular weight is 498 g/mol. The Morgan fingerprint density at radius 2 is 0.333 bits per heavy atom. The SMILES string of the molecule is FC1(F)OC(F)(F)C(F)(F)C(F)(F)OC(F)(F)C(F)(F)C(F)(F)OC(F)(F)C1(F)F. The summed E-state index contributed by atoms with van der Waals surface area (Å²) in [5.41, 5.74) is 0. The summed E-state index contributed by atoms with van der Waals surface area (Å²) in [6, 6.07) is 0. The molecule has 1 heterocycles. The monoisotopic (exact) mass is 498 g/mol. The van der Waals surface area contributed by atoms with Crippen molar-refractivity contribution in [2.75, 3.05) is 0 Å². The third-order valence-electron chi connectivity index (χ3n) is 2.96. The van der Waals surface area contributed by atoms with Gasteiger partial charge in [-0.2, -0.15) is 79.0 Å². The molecular weight excluding hydrogens is 498 g/mol. The van der Waals surface area contributed by atoms with Gasteiger partial charge in [0.2, 0.25) is 0 Å². The third kappa shape index (κ3) is 3.50. The summed E-state index contributed by atoms with van der Waals surface area (Å²) >= 11 is 0. The summed E-state index contributed by atoms with van der Waals surface area (Å²) < 4.78 is 237. The van der Waals surface area contributed by atoms with Crippen molar-refractivity contribution in [2.24, 2.45) is 0 Å². The van der Waals surface area contributed by atoms with Crippen molar-refractivity contribution >= 4 is 0 Å². The fourth-order valence-electron chi connectivity index (χ4n) is 1.38. The van der Waals surface area contributed by atoms with Crippen LogP contribution in [0, 0.1) is 0 Å². The van der Waals surface area contributed by atoms with Crippen LogP contribution in [0.3, 0.4) is 0 Å². The zero-order valence-electron chi connectivity index (χ0n) is 12.5. The standard InChI is InChI=1S/C9F18O3/c10-1(11)4(16,17)28-6(20,21)2(12,13)8(24,25)30-9(26,27)3(14,15)7(22,23)29-5(1,18)19. The molecule has 0 bridgehead atoms. The quantitative estimate of drug-likeness (QED) is 0.413. The highest BCUT2D eigenvalue weighted by Gasteiger charge is 2.88. The zero-order chi connectivity index (χ0) is 24.6. The molecule has 1 saturated heterocycles. The molecule has 0 amide bonds. The highest BCUT2D eigenvalue weighted by atomic mass is 19.4. The molecule has 0 spiro atoms. The van der Waals surface area contributed by atoms with Crippen LogP contribution in [0.1, 0.15) is 0 Å². The van der Waals surface area contributed by atoms with E-state index in [0.717, 1.165) is 0 Å². The van der Waals surface area contributed by atoms with Crippen LogP contribution in [-0.2, 0) is 14.2 Å². The van der Waals surface area contributed by atoms with Crippen LogP contribution in [0.4, 0.5) is 79.0 Å². The summed E-state index contributed by atoms with van der Waals surface area (Å²) in [5.74, 6) is -24.2. The van der Waals surface area contributed by atoms with Gasteiger partial charge in [-0.1, -0.05) is 0 Å². The lowest BCUT2D eigenvalue weighted by molar-refractivity contribution is -0.583. The molecule has 1 aliphatic rings. The van der Waals surface area contributed by atoms with E-state index in [2.05, 4.69) is 0 Å². The summed E-state index contributed by atoms with van der Waals surface area (Å²) in [7, 11) is 0. The molecule has 30 heavy (non-hydrogen) atoms. The van der Waals surface area contributed by atoms with Crippen molar-refractivity contribution < 1.29 is 93.2 Å². The molecule has 0 unspecified atom stereocenters. The van der Waals surface area contributed by atoms with E-state index in [1.165, 1.54) is 14.2 Å². The Morgan fingerprint density at radius 3 is 0.433 bits per heavy atom. The van der Waals surface area contributed by atoms with E-state index in [1.54, 1.807) is 0 Å². The van der Waals surface area contributed by atoms with E-state index in [1.807, 2.05) is 0 Å². The predicted octanol–water partition coefficient (Wildman–Crippen LogP) is 5.51. The number of alkyl halides is 18. The number of ether oxygens (including phenoxy) is 3. The van der Waals surface area contributed by atoms with E-state index in [4.69, 9.17) is 0 Å². The van der Waals surface area contributed by atoms with Gasteiger partial charge in [0.05, 0.1) is 0 Å². The molecule has 0 saturated carbocycles. The first kappa shape index (κ1) is 26.7. The van der Waals surface area contributed by atoms with Gasteiger partial charge >= 0.3 is 54.4 Å². The Kier molecular flexibility index (Phi) is 5.62. The van der Waals surface area contributed by atoms with Gasteiger partial charge in [-0.3, -0.25) is 0 Å². The summed E-state index contributed by atoms with van der Waals surface area (Å²) in [4.78, 5) is 0. The molecule has 21 heteroatoms. The first-order valence-corrected chi connectivity index (χ1v) is 6.13. The van der Waals surface area contributed by atoms with Crippen LogP contribution in [0.25, 0.3) is 0 Å². The third-order valence-corrected chi connectivity index (χ3v) is 2.96. The van der Waals surface area contributed by atoms with Crippen molar-refractivity contribution in [2.45, 2.75) is 54.4 Å². The molecule has 3 nitrogen and oxygen atoms in total. The van der Waals surface area contributed by atoms with Crippen LogP contribution < -0.4 is 0 Å². The van der Waals surface area contributed by atoms with E-state index < -0.39 is 54.4 Å². The van der Waals surface area contributed by atoms with Crippen LogP contribution in [-0.4, -0.2) is 54.4 Å². The molecule has 1 fully saturated rings. The molecule has 1 rings (SSSR count). The van der Waals surface area contributed by atoms with Crippen LogP contribution in [0.2, 0.25) is 0 Å². The molecule has 0 aromatic heterocycles. The van der Waals surface area contributed by atoms with Gasteiger partial charge in [0.1, 0.15) is 0 Å². The van der Waals surface area contributed by atoms with Crippen LogP contribution in [0.5, 0.6) is 0 Å². The normalized spacial score (nSPS) is 33.0. The lowest BCUT2D eigenvalue weighted by atomic mass is 10.2. The highest BCUT2D eigenvalue weighted by Crippen LogP contribution is 2.59. The molecule has 0 radical (unpaired) electrons. The van der Waals surface area contributed by atoms with Gasteiger partial charge < -0.3 is 0 Å². The van der Waals surface area contributed by atoms with Crippen molar-refractivity contribution in [3.8, 4) is 0 Å². The number of rotatable bonds is 0. The highest BCUT2D eigenvalue weighted by molar-refractivity contribution is 4.97. The average Bonchev–Trinajstić information content (AvgIpc) is 2.41. The van der Waals surface area contributed by atoms with E-state index in [9.17, 15) is 79.0 Å². The Labute approximate surface area is 149 Å². The smallest absolute Gasteiger partial charge is 0.245 e. The second kappa shape index (κ2) is 6.33. The van der Waals surface area contributed by atoms with Crippen molar-refractivity contribution in [1.82, 2.24) is 0 Å². The Morgan fingerprint density at radius 1 is 0.233 bits per heavy atom. The molecule has 180 valence electrons. The van der Waals surface area contributed by atoms with Crippen LogP contribution in [0.15, 0.2) is 0 Å². The predicted molar refractivity (Wildman–Crippen MR) is 47.8 cm³/mol. The van der Waals surface area contributed by atoms with Crippen molar-refractivity contribution in [3.05, 3.63) is 0 Å². The summed E-state index contributed by atoms with van der Waals surface area (Å²) in [6.07, 6.45) is -47.1. The van der Waals surface area contributed by atoms with Gasteiger partial charge in [-0.25, -0.2) is 14.2 Å². The minimum Gasteiger partial charge on any atom is -0.245 e.